The summed E-state index contributed by atoms with van der Waals surface area (Å²) in [6.07, 6.45) is -1.68. The molecule has 150 valence electrons. The average Bonchev–Trinajstić information content (AvgIpc) is 2.63. The number of carboxylic acids is 2. The van der Waals surface area contributed by atoms with Gasteiger partial charge in [0.2, 0.25) is 5.91 Å². The molecular formula is C16H23N2O8P. The summed E-state index contributed by atoms with van der Waals surface area (Å²) in [6.45, 7) is 0.966. The Morgan fingerprint density at radius 1 is 1.22 bits per heavy atom. The molecule has 0 spiro atoms. The minimum absolute atomic E-state index is 0.0958. The zero-order valence-corrected chi connectivity index (χ0v) is 15.6. The number of hydrogen-bond donors (Lipinski definition) is 4. The third kappa shape index (κ3) is 8.21. The first-order valence-corrected chi connectivity index (χ1v) is 9.89. The van der Waals surface area contributed by atoms with Crippen molar-refractivity contribution in [2.75, 3.05) is 12.7 Å². The number of hydrogen-bond acceptors (Lipinski definition) is 7. The number of carboxylic acid groups (broad SMARTS) is 2. The van der Waals surface area contributed by atoms with Crippen molar-refractivity contribution in [1.82, 2.24) is 5.32 Å². The molecule has 0 radical (unpaired) electrons. The first kappa shape index (κ1) is 22.6. The second-order valence-corrected chi connectivity index (χ2v) is 7.65. The predicted molar refractivity (Wildman–Crippen MR) is 95.6 cm³/mol. The molecule has 27 heavy (non-hydrogen) atoms. The Morgan fingerprint density at radius 2 is 1.85 bits per heavy atom. The standard InChI is InChI=1S/C16H23N2O8P/c1-2-13(15(21)18-10-14(19)20)26-27(24,9-8-12(17)16(22)23)25-11-6-4-3-5-7-11/h3-7,12-13H,2,8-10,17H2,1H3,(H,18,21)(H,19,20)(H,22,23)/t12?,13-,27+/m0/s1. The third-order valence-electron chi connectivity index (χ3n) is 3.38. The van der Waals surface area contributed by atoms with Gasteiger partial charge in [-0.05, 0) is 25.0 Å². The van der Waals surface area contributed by atoms with Crippen LogP contribution < -0.4 is 15.6 Å². The molecule has 0 heterocycles. The number of rotatable bonds is 12. The zero-order chi connectivity index (χ0) is 20.4. The van der Waals surface area contributed by atoms with Gasteiger partial charge in [0.1, 0.15) is 24.4 Å². The number of nitrogens with one attached hydrogen (secondary N) is 1. The maximum absolute atomic E-state index is 13.1. The lowest BCUT2D eigenvalue weighted by atomic mass is 10.2. The van der Waals surface area contributed by atoms with Crippen LogP contribution in [0.25, 0.3) is 0 Å². The minimum Gasteiger partial charge on any atom is -0.480 e. The highest BCUT2D eigenvalue weighted by Gasteiger charge is 2.34. The van der Waals surface area contributed by atoms with Gasteiger partial charge in [-0.3, -0.25) is 18.9 Å². The van der Waals surface area contributed by atoms with Crippen LogP contribution in [0.3, 0.4) is 0 Å². The van der Waals surface area contributed by atoms with Gasteiger partial charge in [0.25, 0.3) is 0 Å². The van der Waals surface area contributed by atoms with Crippen LogP contribution in [0.2, 0.25) is 0 Å². The van der Waals surface area contributed by atoms with E-state index < -0.39 is 44.1 Å². The van der Waals surface area contributed by atoms with Crippen molar-refractivity contribution in [2.45, 2.75) is 31.9 Å². The fraction of sp³-hybridized carbons (Fsp3) is 0.438. The second kappa shape index (κ2) is 10.7. The van der Waals surface area contributed by atoms with E-state index in [1.807, 2.05) is 0 Å². The van der Waals surface area contributed by atoms with Gasteiger partial charge < -0.3 is 25.8 Å². The summed E-state index contributed by atoms with van der Waals surface area (Å²) in [5.41, 5.74) is 5.44. The lowest BCUT2D eigenvalue weighted by molar-refractivity contribution is -0.139. The summed E-state index contributed by atoms with van der Waals surface area (Å²) in [5.74, 6) is -3.06. The molecule has 0 aliphatic heterocycles. The molecule has 1 amide bonds. The van der Waals surface area contributed by atoms with Crippen LogP contribution in [0.15, 0.2) is 30.3 Å². The highest BCUT2D eigenvalue weighted by atomic mass is 31.2. The van der Waals surface area contributed by atoms with E-state index in [0.29, 0.717) is 0 Å². The summed E-state index contributed by atoms with van der Waals surface area (Å²) in [5, 5.41) is 19.7. The largest absolute Gasteiger partial charge is 0.480 e. The van der Waals surface area contributed by atoms with E-state index in [9.17, 15) is 18.9 Å². The number of para-hydroxylation sites is 1. The van der Waals surface area contributed by atoms with Crippen molar-refractivity contribution in [2.24, 2.45) is 5.73 Å². The minimum atomic E-state index is -3.96. The van der Waals surface area contributed by atoms with Crippen LogP contribution in [0, 0.1) is 0 Å². The van der Waals surface area contributed by atoms with Crippen molar-refractivity contribution < 1.29 is 38.2 Å². The maximum Gasteiger partial charge on any atom is 0.380 e. The summed E-state index contributed by atoms with van der Waals surface area (Å²) in [4.78, 5) is 33.5. The SMILES string of the molecule is CC[C@H](O[P@@](=O)(CCC(N)C(=O)O)Oc1ccccc1)C(=O)NCC(=O)O. The van der Waals surface area contributed by atoms with Crippen LogP contribution in [0.1, 0.15) is 19.8 Å². The first-order chi connectivity index (χ1) is 12.7. The van der Waals surface area contributed by atoms with Crippen LogP contribution in [-0.4, -0.2) is 52.9 Å². The average molecular weight is 402 g/mol. The normalized spacial score (nSPS) is 15.2. The molecule has 10 nitrogen and oxygen atoms in total. The molecule has 0 saturated carbocycles. The van der Waals surface area contributed by atoms with Crippen LogP contribution in [-0.2, 0) is 23.5 Å². The van der Waals surface area contributed by atoms with Crippen molar-refractivity contribution in [3.8, 4) is 5.75 Å². The molecule has 0 fully saturated rings. The molecule has 5 N–H and O–H groups in total. The second-order valence-electron chi connectivity index (χ2n) is 5.59. The predicted octanol–water partition coefficient (Wildman–Crippen LogP) is 1.06. The Balaban J connectivity index is 2.93. The van der Waals surface area contributed by atoms with Gasteiger partial charge in [-0.25, -0.2) is 4.57 Å². The molecule has 0 saturated heterocycles. The summed E-state index contributed by atoms with van der Waals surface area (Å²) in [7, 11) is -3.96. The van der Waals surface area contributed by atoms with Crippen molar-refractivity contribution >= 4 is 25.4 Å². The molecule has 1 rings (SSSR count). The molecule has 3 atom stereocenters. The first-order valence-electron chi connectivity index (χ1n) is 8.17. The molecule has 0 aliphatic carbocycles. The summed E-state index contributed by atoms with van der Waals surface area (Å²) >= 11 is 0. The lowest BCUT2D eigenvalue weighted by Gasteiger charge is -2.24. The Hall–Kier alpha value is -2.42. The van der Waals surface area contributed by atoms with Gasteiger partial charge in [0.05, 0.1) is 6.16 Å². The molecule has 11 heteroatoms. The Bertz CT molecular complexity index is 697. The summed E-state index contributed by atoms with van der Waals surface area (Å²) in [6, 6.07) is 6.77. The highest BCUT2D eigenvalue weighted by Crippen LogP contribution is 2.50. The Morgan fingerprint density at radius 3 is 2.37 bits per heavy atom. The van der Waals surface area contributed by atoms with Gasteiger partial charge >= 0.3 is 19.5 Å². The fourth-order valence-corrected chi connectivity index (χ4v) is 3.87. The van der Waals surface area contributed by atoms with Gasteiger partial charge in [-0.2, -0.15) is 0 Å². The molecule has 0 aromatic heterocycles. The summed E-state index contributed by atoms with van der Waals surface area (Å²) < 4.78 is 24.0. The number of carbonyl (C=O) groups excluding carboxylic acids is 1. The maximum atomic E-state index is 13.1. The van der Waals surface area contributed by atoms with E-state index in [-0.39, 0.29) is 24.8 Å². The number of benzene rings is 1. The fourth-order valence-electron chi connectivity index (χ4n) is 1.96. The van der Waals surface area contributed by atoms with E-state index in [0.717, 1.165) is 0 Å². The number of carbonyl (C=O) groups is 3. The van der Waals surface area contributed by atoms with E-state index in [2.05, 4.69) is 5.32 Å². The smallest absolute Gasteiger partial charge is 0.380 e. The lowest BCUT2D eigenvalue weighted by Crippen LogP contribution is -2.39. The van der Waals surface area contributed by atoms with Gasteiger partial charge in [-0.15, -0.1) is 0 Å². The highest BCUT2D eigenvalue weighted by molar-refractivity contribution is 7.54. The van der Waals surface area contributed by atoms with Crippen LogP contribution >= 0.6 is 7.60 Å². The van der Waals surface area contributed by atoms with Crippen molar-refractivity contribution in [1.29, 1.82) is 0 Å². The van der Waals surface area contributed by atoms with E-state index in [4.69, 9.17) is 25.0 Å². The Labute approximate surface area is 156 Å². The Kier molecular flexibility index (Phi) is 8.93. The number of nitrogens with two attached hydrogens (primary N) is 1. The molecule has 1 aromatic rings. The van der Waals surface area contributed by atoms with Gasteiger partial charge in [0.15, 0.2) is 0 Å². The molecule has 1 aromatic carbocycles. The quantitative estimate of drug-likeness (QED) is 0.374. The van der Waals surface area contributed by atoms with Gasteiger partial charge in [0, 0.05) is 0 Å². The van der Waals surface area contributed by atoms with Crippen molar-refractivity contribution in [3.63, 3.8) is 0 Å². The zero-order valence-electron chi connectivity index (χ0n) is 14.7. The molecule has 0 bridgehead atoms. The van der Waals surface area contributed by atoms with Crippen molar-refractivity contribution in [3.05, 3.63) is 30.3 Å². The molecule has 0 aliphatic rings. The number of amides is 1. The van der Waals surface area contributed by atoms with E-state index in [1.165, 1.54) is 12.1 Å². The van der Waals surface area contributed by atoms with Crippen LogP contribution in [0.4, 0.5) is 0 Å². The van der Waals surface area contributed by atoms with E-state index >= 15 is 0 Å². The molecular weight excluding hydrogens is 379 g/mol. The third-order valence-corrected chi connectivity index (χ3v) is 5.25. The van der Waals surface area contributed by atoms with Crippen LogP contribution in [0.5, 0.6) is 5.75 Å². The topological polar surface area (TPSA) is 165 Å². The monoisotopic (exact) mass is 402 g/mol. The number of aliphatic carboxylic acids is 2. The van der Waals surface area contributed by atoms with Gasteiger partial charge in [-0.1, -0.05) is 25.1 Å². The van der Waals surface area contributed by atoms with E-state index in [1.54, 1.807) is 25.1 Å². The molecule has 1 unspecified atom stereocenters.